The van der Waals surface area contributed by atoms with E-state index in [0.717, 1.165) is 6.07 Å². The molecule has 0 radical (unpaired) electrons. The maximum atomic E-state index is 13.1. The van der Waals surface area contributed by atoms with Crippen molar-refractivity contribution in [1.29, 1.82) is 0 Å². The van der Waals surface area contributed by atoms with E-state index in [4.69, 9.17) is 28.3 Å². The van der Waals surface area contributed by atoms with Crippen LogP contribution in [0.2, 0.25) is 10.0 Å². The third-order valence-corrected chi connectivity index (χ3v) is 2.98. The molecule has 0 atom stereocenters. The van der Waals surface area contributed by atoms with Crippen LogP contribution in [0, 0.1) is 5.82 Å². The zero-order chi connectivity index (χ0) is 13.3. The molecule has 2 rings (SSSR count). The first kappa shape index (κ1) is 12.9. The van der Waals surface area contributed by atoms with Crippen LogP contribution in [-0.4, -0.2) is 11.1 Å². The maximum Gasteiger partial charge on any atom is 0.336 e. The first-order valence-corrected chi connectivity index (χ1v) is 5.73. The molecular weight excluding hydrogens is 278 g/mol. The van der Waals surface area contributed by atoms with E-state index in [9.17, 15) is 9.18 Å². The zero-order valence-corrected chi connectivity index (χ0v) is 10.5. The second-order valence-corrected chi connectivity index (χ2v) is 4.46. The lowest BCUT2D eigenvalue weighted by molar-refractivity contribution is 0.0697. The number of rotatable bonds is 2. The van der Waals surface area contributed by atoms with Crippen molar-refractivity contribution in [2.75, 3.05) is 0 Å². The van der Waals surface area contributed by atoms with E-state index in [1.54, 1.807) is 12.1 Å². The highest BCUT2D eigenvalue weighted by Gasteiger charge is 2.15. The minimum Gasteiger partial charge on any atom is -0.478 e. The molecule has 0 unspecified atom stereocenters. The Morgan fingerprint density at radius 3 is 2.33 bits per heavy atom. The Kier molecular flexibility index (Phi) is 3.55. The summed E-state index contributed by atoms with van der Waals surface area (Å²) in [5.74, 6) is -1.82. The molecule has 2 aromatic carbocycles. The van der Waals surface area contributed by atoms with Gasteiger partial charge in [-0.05, 0) is 29.8 Å². The van der Waals surface area contributed by atoms with Gasteiger partial charge in [0.2, 0.25) is 0 Å². The standard InChI is InChI=1S/C13H7Cl2FO2/c14-7-1-3-10(12(15)5-7)9-4-2-8(16)6-11(9)13(17)18/h1-6H,(H,17,18). The first-order chi connectivity index (χ1) is 8.49. The highest BCUT2D eigenvalue weighted by atomic mass is 35.5. The van der Waals surface area contributed by atoms with Crippen molar-refractivity contribution in [1.82, 2.24) is 0 Å². The van der Waals surface area contributed by atoms with Crippen molar-refractivity contribution >= 4 is 29.2 Å². The summed E-state index contributed by atoms with van der Waals surface area (Å²) in [7, 11) is 0. The minimum atomic E-state index is -1.21. The molecule has 2 aromatic rings. The van der Waals surface area contributed by atoms with E-state index in [1.807, 2.05) is 0 Å². The van der Waals surface area contributed by atoms with Crippen molar-refractivity contribution in [2.45, 2.75) is 0 Å². The molecule has 2 nitrogen and oxygen atoms in total. The molecule has 92 valence electrons. The van der Waals surface area contributed by atoms with Crippen molar-refractivity contribution in [2.24, 2.45) is 0 Å². The number of carbonyl (C=O) groups is 1. The van der Waals surface area contributed by atoms with Gasteiger partial charge < -0.3 is 5.11 Å². The van der Waals surface area contributed by atoms with Crippen LogP contribution in [0.5, 0.6) is 0 Å². The van der Waals surface area contributed by atoms with Gasteiger partial charge in [-0.15, -0.1) is 0 Å². The molecule has 0 heterocycles. The predicted molar refractivity (Wildman–Crippen MR) is 68.8 cm³/mol. The number of hydrogen-bond donors (Lipinski definition) is 1. The van der Waals surface area contributed by atoms with Crippen LogP contribution in [0.1, 0.15) is 10.4 Å². The molecule has 1 N–H and O–H groups in total. The maximum absolute atomic E-state index is 13.1. The van der Waals surface area contributed by atoms with Crippen LogP contribution in [-0.2, 0) is 0 Å². The van der Waals surface area contributed by atoms with Crippen LogP contribution in [0.3, 0.4) is 0 Å². The number of hydrogen-bond acceptors (Lipinski definition) is 1. The van der Waals surface area contributed by atoms with E-state index in [0.29, 0.717) is 21.2 Å². The number of carboxylic acids is 1. The Labute approximate surface area is 113 Å². The summed E-state index contributed by atoms with van der Waals surface area (Å²) in [6.45, 7) is 0. The summed E-state index contributed by atoms with van der Waals surface area (Å²) in [6.07, 6.45) is 0. The van der Waals surface area contributed by atoms with Crippen molar-refractivity contribution < 1.29 is 14.3 Å². The second kappa shape index (κ2) is 4.96. The molecule has 0 aliphatic rings. The van der Waals surface area contributed by atoms with Crippen LogP contribution >= 0.6 is 23.2 Å². The van der Waals surface area contributed by atoms with Crippen LogP contribution in [0.4, 0.5) is 4.39 Å². The Hall–Kier alpha value is -1.58. The third-order valence-electron chi connectivity index (χ3n) is 2.43. The van der Waals surface area contributed by atoms with Crippen LogP contribution < -0.4 is 0 Å². The molecule has 0 amide bonds. The van der Waals surface area contributed by atoms with Gasteiger partial charge in [0.15, 0.2) is 0 Å². The molecule has 5 heteroatoms. The lowest BCUT2D eigenvalue weighted by atomic mass is 9.99. The predicted octanol–water partition coefficient (Wildman–Crippen LogP) is 4.50. The van der Waals surface area contributed by atoms with E-state index in [1.165, 1.54) is 18.2 Å². The highest BCUT2D eigenvalue weighted by molar-refractivity contribution is 6.36. The van der Waals surface area contributed by atoms with Crippen molar-refractivity contribution in [3.05, 3.63) is 57.8 Å². The lowest BCUT2D eigenvalue weighted by Crippen LogP contribution is -2.00. The molecule has 0 saturated carbocycles. The van der Waals surface area contributed by atoms with Gasteiger partial charge in [0.05, 0.1) is 5.56 Å². The minimum absolute atomic E-state index is 0.140. The summed E-state index contributed by atoms with van der Waals surface area (Å²) in [5, 5.41) is 9.82. The van der Waals surface area contributed by atoms with Gasteiger partial charge in [0.1, 0.15) is 5.82 Å². The molecule has 0 saturated heterocycles. The van der Waals surface area contributed by atoms with Gasteiger partial charge in [-0.3, -0.25) is 0 Å². The van der Waals surface area contributed by atoms with Gasteiger partial charge in [-0.1, -0.05) is 35.3 Å². The average molecular weight is 285 g/mol. The topological polar surface area (TPSA) is 37.3 Å². The van der Waals surface area contributed by atoms with Gasteiger partial charge in [0, 0.05) is 15.6 Å². The van der Waals surface area contributed by atoms with Gasteiger partial charge in [-0.2, -0.15) is 0 Å². The normalized spacial score (nSPS) is 10.4. The Balaban J connectivity index is 2.67. The number of aromatic carboxylic acids is 1. The molecule has 0 aromatic heterocycles. The zero-order valence-electron chi connectivity index (χ0n) is 8.95. The Morgan fingerprint density at radius 2 is 1.72 bits per heavy atom. The van der Waals surface area contributed by atoms with Crippen LogP contribution in [0.25, 0.3) is 11.1 Å². The smallest absolute Gasteiger partial charge is 0.336 e. The Morgan fingerprint density at radius 1 is 1.06 bits per heavy atom. The van der Waals surface area contributed by atoms with Crippen LogP contribution in [0.15, 0.2) is 36.4 Å². The Bertz CT molecular complexity index is 626. The van der Waals surface area contributed by atoms with E-state index in [-0.39, 0.29) is 5.56 Å². The molecular formula is C13H7Cl2FO2. The van der Waals surface area contributed by atoms with Crippen molar-refractivity contribution in [3.8, 4) is 11.1 Å². The lowest BCUT2D eigenvalue weighted by Gasteiger charge is -2.08. The molecule has 0 spiro atoms. The van der Waals surface area contributed by atoms with E-state index >= 15 is 0 Å². The van der Waals surface area contributed by atoms with Crippen molar-refractivity contribution in [3.63, 3.8) is 0 Å². The first-order valence-electron chi connectivity index (χ1n) is 4.97. The number of carboxylic acid groups (broad SMARTS) is 1. The van der Waals surface area contributed by atoms with Gasteiger partial charge >= 0.3 is 5.97 Å². The van der Waals surface area contributed by atoms with E-state index < -0.39 is 11.8 Å². The molecule has 0 aliphatic carbocycles. The number of benzene rings is 2. The molecule has 0 fully saturated rings. The second-order valence-electron chi connectivity index (χ2n) is 3.62. The summed E-state index contributed by atoms with van der Waals surface area (Å²) >= 11 is 11.8. The molecule has 0 bridgehead atoms. The fourth-order valence-corrected chi connectivity index (χ4v) is 2.15. The average Bonchev–Trinajstić information content (AvgIpc) is 2.29. The third kappa shape index (κ3) is 2.47. The summed E-state index contributed by atoms with van der Waals surface area (Å²) in [4.78, 5) is 11.1. The summed E-state index contributed by atoms with van der Waals surface area (Å²) in [6, 6.07) is 8.23. The highest BCUT2D eigenvalue weighted by Crippen LogP contribution is 2.32. The molecule has 0 aliphatic heterocycles. The molecule has 18 heavy (non-hydrogen) atoms. The fraction of sp³-hybridized carbons (Fsp3) is 0. The summed E-state index contributed by atoms with van der Waals surface area (Å²) in [5.41, 5.74) is 0.711. The van der Waals surface area contributed by atoms with Gasteiger partial charge in [-0.25, -0.2) is 9.18 Å². The SMILES string of the molecule is O=C(O)c1cc(F)ccc1-c1ccc(Cl)cc1Cl. The fourth-order valence-electron chi connectivity index (χ4n) is 1.64. The largest absolute Gasteiger partial charge is 0.478 e. The number of halogens is 3. The van der Waals surface area contributed by atoms with E-state index in [2.05, 4.69) is 0 Å². The van der Waals surface area contributed by atoms with Gasteiger partial charge in [0.25, 0.3) is 0 Å². The quantitative estimate of drug-likeness (QED) is 0.882. The monoisotopic (exact) mass is 284 g/mol. The summed E-state index contributed by atoms with van der Waals surface area (Å²) < 4.78 is 13.1.